The highest BCUT2D eigenvalue weighted by molar-refractivity contribution is 5.79. The normalized spacial score (nSPS) is 16.2. The summed E-state index contributed by atoms with van der Waals surface area (Å²) in [5.41, 5.74) is -0.687. The quantitative estimate of drug-likeness (QED) is 0.388. The van der Waals surface area contributed by atoms with Crippen molar-refractivity contribution in [3.05, 3.63) is 0 Å². The Bertz CT molecular complexity index is 472. The van der Waals surface area contributed by atoms with Gasteiger partial charge in [-0.2, -0.15) is 0 Å². The van der Waals surface area contributed by atoms with Crippen molar-refractivity contribution in [2.45, 2.75) is 111 Å². The Kier molecular flexibility index (Phi) is 13.2. The molecule has 0 fully saturated rings. The van der Waals surface area contributed by atoms with Crippen LogP contribution in [0.15, 0.2) is 0 Å². The zero-order valence-corrected chi connectivity index (χ0v) is 19.4. The second-order valence-corrected chi connectivity index (χ2v) is 9.25. The summed E-state index contributed by atoms with van der Waals surface area (Å²) >= 11 is 0. The van der Waals surface area contributed by atoms with Gasteiger partial charge in [-0.3, -0.25) is 0 Å². The lowest BCUT2D eigenvalue weighted by molar-refractivity contribution is -0.139. The molecule has 4 atom stereocenters. The summed E-state index contributed by atoms with van der Waals surface area (Å²) in [4.78, 5) is 23.4. The molecule has 0 saturated heterocycles. The first-order valence-corrected chi connectivity index (χ1v) is 10.9. The largest absolute Gasteiger partial charge is 0.480 e. The standard InChI is InChI=1S/C22H43NO6/c1-8-14-28-19(17(16(4)24)13-12-15(2)3)11-9-10-18(20(25)26)23-21(27)29-22(5,6)7/h15-19,24H,8-14H2,1-7H3,(H,23,27)(H,25,26)/t16-,17-,18-,19-/m0/s1. The number of hydrogen-bond donors (Lipinski definition) is 3. The van der Waals surface area contributed by atoms with E-state index < -0.39 is 29.8 Å². The van der Waals surface area contributed by atoms with E-state index in [0.29, 0.717) is 25.4 Å². The third-order valence-electron chi connectivity index (χ3n) is 4.68. The van der Waals surface area contributed by atoms with Crippen LogP contribution in [0.5, 0.6) is 0 Å². The average Bonchev–Trinajstić information content (AvgIpc) is 2.55. The highest BCUT2D eigenvalue weighted by Crippen LogP contribution is 2.26. The maximum atomic E-state index is 11.9. The first-order chi connectivity index (χ1) is 13.4. The van der Waals surface area contributed by atoms with E-state index in [-0.39, 0.29) is 18.4 Å². The molecule has 29 heavy (non-hydrogen) atoms. The molecule has 0 spiro atoms. The first kappa shape index (κ1) is 27.7. The van der Waals surface area contributed by atoms with Crippen LogP contribution < -0.4 is 5.32 Å². The number of carbonyl (C=O) groups excluding carboxylic acids is 1. The Morgan fingerprint density at radius 2 is 1.66 bits per heavy atom. The van der Waals surface area contributed by atoms with Crippen LogP contribution in [0.1, 0.15) is 87.0 Å². The van der Waals surface area contributed by atoms with Gasteiger partial charge in [0.05, 0.1) is 12.2 Å². The van der Waals surface area contributed by atoms with Crippen LogP contribution in [0.4, 0.5) is 4.79 Å². The molecule has 0 aromatic carbocycles. The molecule has 0 aliphatic heterocycles. The summed E-state index contributed by atoms with van der Waals surface area (Å²) in [5.74, 6) is -0.544. The number of amides is 1. The van der Waals surface area contributed by atoms with E-state index in [9.17, 15) is 19.8 Å². The number of nitrogens with one attached hydrogen (secondary N) is 1. The molecule has 0 saturated carbocycles. The third kappa shape index (κ3) is 13.5. The van der Waals surface area contributed by atoms with Gasteiger partial charge in [-0.1, -0.05) is 27.2 Å². The molecule has 0 aromatic rings. The maximum Gasteiger partial charge on any atom is 0.408 e. The van der Waals surface area contributed by atoms with Crippen LogP contribution in [0.2, 0.25) is 0 Å². The summed E-state index contributed by atoms with van der Waals surface area (Å²) in [6.45, 7) is 13.9. The van der Waals surface area contributed by atoms with Crippen molar-refractivity contribution in [1.82, 2.24) is 5.32 Å². The van der Waals surface area contributed by atoms with Crippen LogP contribution >= 0.6 is 0 Å². The van der Waals surface area contributed by atoms with Gasteiger partial charge in [0.2, 0.25) is 0 Å². The Morgan fingerprint density at radius 3 is 2.10 bits per heavy atom. The fourth-order valence-corrected chi connectivity index (χ4v) is 3.18. The molecule has 172 valence electrons. The second kappa shape index (κ2) is 13.8. The van der Waals surface area contributed by atoms with Gasteiger partial charge < -0.3 is 25.0 Å². The van der Waals surface area contributed by atoms with Gasteiger partial charge in [0.15, 0.2) is 0 Å². The predicted octanol–water partition coefficient (Wildman–Crippen LogP) is 4.36. The van der Waals surface area contributed by atoms with E-state index in [4.69, 9.17) is 9.47 Å². The van der Waals surface area contributed by atoms with E-state index in [1.54, 1.807) is 27.7 Å². The molecule has 0 rings (SSSR count). The predicted molar refractivity (Wildman–Crippen MR) is 114 cm³/mol. The Labute approximate surface area is 176 Å². The Hall–Kier alpha value is -1.34. The third-order valence-corrected chi connectivity index (χ3v) is 4.68. The topological polar surface area (TPSA) is 105 Å². The number of carboxylic acid groups (broad SMARTS) is 1. The minimum atomic E-state index is -1.09. The van der Waals surface area contributed by atoms with Crippen LogP contribution in [0.25, 0.3) is 0 Å². The molecule has 0 heterocycles. The van der Waals surface area contributed by atoms with E-state index in [0.717, 1.165) is 19.3 Å². The summed E-state index contributed by atoms with van der Waals surface area (Å²) in [6.07, 6.45) is 2.85. The van der Waals surface area contributed by atoms with Gasteiger partial charge in [0.25, 0.3) is 0 Å². The van der Waals surface area contributed by atoms with Crippen molar-refractivity contribution in [3.63, 3.8) is 0 Å². The molecule has 0 bridgehead atoms. The number of hydrogen-bond acceptors (Lipinski definition) is 5. The lowest BCUT2D eigenvalue weighted by atomic mass is 9.86. The SMILES string of the molecule is CCCO[C@@H](CCC[C@H](NC(=O)OC(C)(C)C)C(=O)O)[C@@H](CCC(C)C)[C@H](C)O. The lowest BCUT2D eigenvalue weighted by Gasteiger charge is -2.30. The Morgan fingerprint density at radius 1 is 1.03 bits per heavy atom. The fraction of sp³-hybridized carbons (Fsp3) is 0.909. The number of aliphatic hydroxyl groups excluding tert-OH is 1. The molecular weight excluding hydrogens is 374 g/mol. The molecule has 1 amide bonds. The van der Waals surface area contributed by atoms with Crippen molar-refractivity contribution in [2.75, 3.05) is 6.61 Å². The fourth-order valence-electron chi connectivity index (χ4n) is 3.18. The smallest absolute Gasteiger partial charge is 0.408 e. The first-order valence-electron chi connectivity index (χ1n) is 10.9. The zero-order chi connectivity index (χ0) is 22.6. The number of alkyl carbamates (subject to hydrolysis) is 1. The molecule has 3 N–H and O–H groups in total. The summed E-state index contributed by atoms with van der Waals surface area (Å²) in [6, 6.07) is -1.02. The maximum absolute atomic E-state index is 11.9. The van der Waals surface area contributed by atoms with Crippen LogP contribution in [-0.4, -0.2) is 52.7 Å². The van der Waals surface area contributed by atoms with Crippen molar-refractivity contribution in [1.29, 1.82) is 0 Å². The van der Waals surface area contributed by atoms with Crippen molar-refractivity contribution in [3.8, 4) is 0 Å². The number of aliphatic carboxylic acids is 1. The van der Waals surface area contributed by atoms with E-state index in [1.165, 1.54) is 0 Å². The van der Waals surface area contributed by atoms with Crippen LogP contribution in [0.3, 0.4) is 0 Å². The van der Waals surface area contributed by atoms with Gasteiger partial charge >= 0.3 is 12.1 Å². The van der Waals surface area contributed by atoms with Gasteiger partial charge in [0, 0.05) is 12.5 Å². The van der Waals surface area contributed by atoms with Gasteiger partial charge in [-0.25, -0.2) is 9.59 Å². The lowest BCUT2D eigenvalue weighted by Crippen LogP contribution is -2.43. The van der Waals surface area contributed by atoms with Crippen LogP contribution in [-0.2, 0) is 14.3 Å². The molecule has 0 unspecified atom stereocenters. The molecule has 0 aliphatic carbocycles. The van der Waals surface area contributed by atoms with Crippen molar-refractivity contribution in [2.24, 2.45) is 11.8 Å². The van der Waals surface area contributed by atoms with E-state index >= 15 is 0 Å². The second-order valence-electron chi connectivity index (χ2n) is 9.25. The van der Waals surface area contributed by atoms with Crippen molar-refractivity contribution < 1.29 is 29.3 Å². The van der Waals surface area contributed by atoms with Crippen LogP contribution in [0, 0.1) is 11.8 Å². The molecule has 7 nitrogen and oxygen atoms in total. The Balaban J connectivity index is 4.89. The number of carboxylic acids is 1. The monoisotopic (exact) mass is 417 g/mol. The van der Waals surface area contributed by atoms with Gasteiger partial charge in [-0.05, 0) is 65.7 Å². The molecule has 0 aromatic heterocycles. The average molecular weight is 418 g/mol. The minimum Gasteiger partial charge on any atom is -0.480 e. The molecule has 0 aliphatic rings. The summed E-state index contributed by atoms with van der Waals surface area (Å²) in [7, 11) is 0. The number of ether oxygens (including phenoxy) is 2. The highest BCUT2D eigenvalue weighted by atomic mass is 16.6. The van der Waals surface area contributed by atoms with E-state index in [2.05, 4.69) is 19.2 Å². The molecular formula is C22H43NO6. The molecule has 0 radical (unpaired) electrons. The summed E-state index contributed by atoms with van der Waals surface area (Å²) in [5, 5.41) is 22.1. The summed E-state index contributed by atoms with van der Waals surface area (Å²) < 4.78 is 11.2. The molecule has 7 heteroatoms. The minimum absolute atomic E-state index is 0.00560. The number of rotatable bonds is 14. The van der Waals surface area contributed by atoms with Gasteiger partial charge in [-0.15, -0.1) is 0 Å². The highest BCUT2D eigenvalue weighted by Gasteiger charge is 2.28. The van der Waals surface area contributed by atoms with E-state index in [1.807, 2.05) is 6.92 Å². The number of aliphatic hydroxyl groups is 1. The van der Waals surface area contributed by atoms with Gasteiger partial charge in [0.1, 0.15) is 11.6 Å². The van der Waals surface area contributed by atoms with Crippen molar-refractivity contribution >= 4 is 12.1 Å². The number of carbonyl (C=O) groups is 2. The zero-order valence-electron chi connectivity index (χ0n) is 19.4.